The molecule has 4 N–H and O–H groups in total. The predicted molar refractivity (Wildman–Crippen MR) is 114 cm³/mol. The molecule has 2 atom stereocenters. The van der Waals surface area contributed by atoms with E-state index in [9.17, 15) is 9.90 Å². The Morgan fingerprint density at radius 2 is 2.07 bits per heavy atom. The van der Waals surface area contributed by atoms with Gasteiger partial charge in [0.15, 0.2) is 0 Å². The largest absolute Gasteiger partial charge is 0.489 e. The third kappa shape index (κ3) is 4.31. The fourth-order valence-corrected chi connectivity index (χ4v) is 3.88. The first-order valence-corrected chi connectivity index (χ1v) is 9.94. The zero-order valence-electron chi connectivity index (χ0n) is 16.8. The first-order chi connectivity index (χ1) is 14.4. The molecule has 0 radical (unpaired) electrons. The van der Waals surface area contributed by atoms with Gasteiger partial charge in [0.2, 0.25) is 0 Å². The molecule has 7 nitrogen and oxygen atoms in total. The second-order valence-electron chi connectivity index (χ2n) is 7.83. The van der Waals surface area contributed by atoms with Crippen molar-refractivity contribution in [2.45, 2.75) is 24.9 Å². The highest BCUT2D eigenvalue weighted by Crippen LogP contribution is 2.28. The average Bonchev–Trinajstić information content (AvgIpc) is 3.31. The van der Waals surface area contributed by atoms with E-state index in [-0.39, 0.29) is 18.4 Å². The third-order valence-electron chi connectivity index (χ3n) is 5.52. The van der Waals surface area contributed by atoms with Crippen LogP contribution >= 0.6 is 0 Å². The second kappa shape index (κ2) is 8.20. The van der Waals surface area contributed by atoms with Crippen LogP contribution in [-0.2, 0) is 11.2 Å². The smallest absolute Gasteiger partial charge is 0.311 e. The van der Waals surface area contributed by atoms with E-state index >= 15 is 0 Å². The van der Waals surface area contributed by atoms with Crippen molar-refractivity contribution in [3.63, 3.8) is 0 Å². The Bertz CT molecular complexity index is 1070. The number of aliphatic carboxylic acids is 1. The summed E-state index contributed by atoms with van der Waals surface area (Å²) in [5, 5.41) is 18.1. The molecule has 156 valence electrons. The minimum atomic E-state index is -0.911. The van der Waals surface area contributed by atoms with E-state index in [0.717, 1.165) is 30.6 Å². The summed E-state index contributed by atoms with van der Waals surface area (Å²) < 4.78 is 11.8. The molecule has 1 aliphatic rings. The van der Waals surface area contributed by atoms with Crippen LogP contribution in [0.2, 0.25) is 0 Å². The molecular weight excluding hydrogens is 382 g/mol. The summed E-state index contributed by atoms with van der Waals surface area (Å²) >= 11 is 0. The number of carboxylic acid groups (broad SMARTS) is 1. The predicted octanol–water partition coefficient (Wildman–Crippen LogP) is 3.21. The number of nitrogens with zero attached hydrogens (tertiary/aromatic N) is 1. The number of likely N-dealkylation sites (N-methyl/N-ethyl adjacent to an activating group) is 1. The van der Waals surface area contributed by atoms with Crippen molar-refractivity contribution in [1.82, 2.24) is 4.90 Å². The van der Waals surface area contributed by atoms with Gasteiger partial charge >= 0.3 is 5.97 Å². The molecule has 7 heteroatoms. The number of benzene rings is 2. The summed E-state index contributed by atoms with van der Waals surface area (Å²) in [6.45, 7) is 1.92. The number of nitrogens with two attached hydrogens (primary N) is 1. The maximum Gasteiger partial charge on any atom is 0.311 e. The van der Waals surface area contributed by atoms with Crippen LogP contribution in [0.25, 0.3) is 11.0 Å². The van der Waals surface area contributed by atoms with E-state index in [0.29, 0.717) is 22.5 Å². The molecule has 0 saturated carbocycles. The summed E-state index contributed by atoms with van der Waals surface area (Å²) in [5.41, 5.74) is 7.49. The van der Waals surface area contributed by atoms with Gasteiger partial charge in [-0.3, -0.25) is 10.2 Å². The molecule has 30 heavy (non-hydrogen) atoms. The number of carbonyl (C=O) groups is 1. The van der Waals surface area contributed by atoms with Gasteiger partial charge in [-0.05, 0) is 55.4 Å². The normalized spacial score (nSPS) is 17.8. The lowest BCUT2D eigenvalue weighted by atomic mass is 9.94. The van der Waals surface area contributed by atoms with Crippen LogP contribution in [0.5, 0.6) is 5.75 Å². The first-order valence-electron chi connectivity index (χ1n) is 9.94. The Labute approximate surface area is 174 Å². The van der Waals surface area contributed by atoms with E-state index in [1.165, 1.54) is 0 Å². The van der Waals surface area contributed by atoms with Gasteiger partial charge in [-0.15, -0.1) is 0 Å². The topological polar surface area (TPSA) is 113 Å². The molecule has 1 aliphatic heterocycles. The number of amidine groups is 1. The quantitative estimate of drug-likeness (QED) is 0.409. The van der Waals surface area contributed by atoms with Crippen molar-refractivity contribution in [3.8, 4) is 5.75 Å². The molecule has 0 bridgehead atoms. The molecule has 1 unspecified atom stereocenters. The van der Waals surface area contributed by atoms with Crippen LogP contribution in [-0.4, -0.2) is 48.1 Å². The number of hydrogen-bond acceptors (Lipinski definition) is 5. The Balaban J connectivity index is 1.50. The highest BCUT2D eigenvalue weighted by atomic mass is 16.5. The lowest BCUT2D eigenvalue weighted by Crippen LogP contribution is -2.21. The van der Waals surface area contributed by atoms with Gasteiger partial charge in [-0.1, -0.05) is 12.1 Å². The van der Waals surface area contributed by atoms with Crippen molar-refractivity contribution in [2.75, 3.05) is 20.1 Å². The molecule has 3 aromatic rings. The first kappa shape index (κ1) is 20.0. The molecule has 1 saturated heterocycles. The number of likely N-dealkylation sites (tertiary alicyclic amines) is 1. The Kier molecular flexibility index (Phi) is 5.46. The van der Waals surface area contributed by atoms with E-state index in [1.807, 2.05) is 30.3 Å². The number of carboxylic acids is 1. The number of hydrogen-bond donors (Lipinski definition) is 3. The van der Waals surface area contributed by atoms with E-state index in [4.69, 9.17) is 20.3 Å². The summed E-state index contributed by atoms with van der Waals surface area (Å²) in [7, 11) is 2.07. The van der Waals surface area contributed by atoms with Crippen molar-refractivity contribution in [1.29, 1.82) is 5.41 Å². The number of furan rings is 1. The summed E-state index contributed by atoms with van der Waals surface area (Å²) in [5.74, 6) is -0.332. The number of ether oxygens (including phenoxy) is 1. The van der Waals surface area contributed by atoms with E-state index < -0.39 is 11.9 Å². The maximum absolute atomic E-state index is 11.9. The second-order valence-corrected chi connectivity index (χ2v) is 7.83. The molecule has 0 aliphatic carbocycles. The average molecular weight is 407 g/mol. The van der Waals surface area contributed by atoms with E-state index in [2.05, 4.69) is 11.9 Å². The number of rotatable bonds is 7. The summed E-state index contributed by atoms with van der Waals surface area (Å²) in [6.07, 6.45) is 1.40. The number of fused-ring (bicyclic) bond motifs is 1. The van der Waals surface area contributed by atoms with Gasteiger partial charge in [-0.2, -0.15) is 0 Å². The summed E-state index contributed by atoms with van der Waals surface area (Å²) in [4.78, 5) is 14.2. The van der Waals surface area contributed by atoms with Gasteiger partial charge in [0.25, 0.3) is 0 Å². The minimum Gasteiger partial charge on any atom is -0.489 e. The Hall–Kier alpha value is -3.32. The number of nitrogen functional groups attached to an aromatic ring is 1. The molecule has 0 amide bonds. The Morgan fingerprint density at radius 3 is 2.70 bits per heavy atom. The van der Waals surface area contributed by atoms with Crippen LogP contribution in [0.3, 0.4) is 0 Å². The maximum atomic E-state index is 11.9. The highest BCUT2D eigenvalue weighted by molar-refractivity contribution is 5.98. The fourth-order valence-electron chi connectivity index (χ4n) is 3.88. The lowest BCUT2D eigenvalue weighted by Gasteiger charge is -2.15. The SMILES string of the molecule is CN1CC[C@H](Oc2ccc(C(Cc3cc4cc(C(=N)N)ccc4o3)C(=O)O)cc2)C1. The zero-order chi connectivity index (χ0) is 21.3. The number of nitrogens with one attached hydrogen (secondary N) is 1. The van der Waals surface area contributed by atoms with Crippen LogP contribution < -0.4 is 10.5 Å². The van der Waals surface area contributed by atoms with Crippen molar-refractivity contribution < 1.29 is 19.1 Å². The molecule has 1 aromatic heterocycles. The molecule has 2 heterocycles. The molecule has 4 rings (SSSR count). The van der Waals surface area contributed by atoms with Gasteiger partial charge in [0.1, 0.15) is 29.0 Å². The van der Waals surface area contributed by atoms with Crippen molar-refractivity contribution in [2.24, 2.45) is 5.73 Å². The molecule has 0 spiro atoms. The minimum absolute atomic E-state index is 0.0189. The van der Waals surface area contributed by atoms with E-state index in [1.54, 1.807) is 18.2 Å². The van der Waals surface area contributed by atoms with Crippen LogP contribution in [0.4, 0.5) is 0 Å². The highest BCUT2D eigenvalue weighted by Gasteiger charge is 2.24. The van der Waals surface area contributed by atoms with Crippen LogP contribution in [0, 0.1) is 5.41 Å². The monoisotopic (exact) mass is 407 g/mol. The van der Waals surface area contributed by atoms with Gasteiger partial charge in [0.05, 0.1) is 5.92 Å². The molecule has 1 fully saturated rings. The van der Waals surface area contributed by atoms with Crippen molar-refractivity contribution in [3.05, 3.63) is 65.4 Å². The lowest BCUT2D eigenvalue weighted by molar-refractivity contribution is -0.138. The standard InChI is InChI=1S/C23H25N3O4/c1-26-9-8-18(13-26)29-17-5-2-14(3-6-17)20(23(27)28)12-19-11-16-10-15(22(24)25)4-7-21(16)30-19/h2-7,10-11,18,20H,8-9,12-13H2,1H3,(H3,24,25)(H,27,28)/t18-,20?/m0/s1. The molecule has 2 aromatic carbocycles. The fraction of sp³-hybridized carbons (Fsp3) is 0.304. The zero-order valence-corrected chi connectivity index (χ0v) is 16.8. The van der Waals surface area contributed by atoms with Crippen molar-refractivity contribution >= 4 is 22.8 Å². The van der Waals surface area contributed by atoms with Crippen LogP contribution in [0.15, 0.2) is 52.9 Å². The van der Waals surface area contributed by atoms with Gasteiger partial charge in [0, 0.05) is 30.5 Å². The van der Waals surface area contributed by atoms with Crippen LogP contribution in [0.1, 0.15) is 29.2 Å². The third-order valence-corrected chi connectivity index (χ3v) is 5.52. The Morgan fingerprint density at radius 1 is 1.30 bits per heavy atom. The van der Waals surface area contributed by atoms with Gasteiger partial charge in [-0.25, -0.2) is 0 Å². The molecular formula is C23H25N3O4. The summed E-state index contributed by atoms with van der Waals surface area (Å²) in [6, 6.07) is 14.3. The van der Waals surface area contributed by atoms with Gasteiger partial charge < -0.3 is 24.9 Å².